The number of rotatable bonds is 5. The van der Waals surface area contributed by atoms with Crippen molar-refractivity contribution in [3.8, 4) is 0 Å². The van der Waals surface area contributed by atoms with E-state index in [1.807, 2.05) is 36.4 Å². The van der Waals surface area contributed by atoms with Crippen LogP contribution in [0.1, 0.15) is 11.9 Å². The zero-order valence-corrected chi connectivity index (χ0v) is 16.6. The number of nitrogens with zero attached hydrogens (tertiary/aromatic N) is 6. The number of imidazole rings is 1. The molecule has 4 heterocycles. The summed E-state index contributed by atoms with van der Waals surface area (Å²) < 4.78 is 7.07. The van der Waals surface area contributed by atoms with Gasteiger partial charge in [0.1, 0.15) is 24.6 Å². The molecule has 4 aromatic rings. The number of nitrogens with two attached hydrogens (primary N) is 1. The smallest absolute Gasteiger partial charge is 0.228 e. The van der Waals surface area contributed by atoms with Crippen LogP contribution >= 0.6 is 0 Å². The highest BCUT2D eigenvalue weighted by Crippen LogP contribution is 2.35. The van der Waals surface area contributed by atoms with Crippen molar-refractivity contribution in [3.05, 3.63) is 48.4 Å². The molecule has 1 saturated heterocycles. The van der Waals surface area contributed by atoms with Crippen LogP contribution in [0.25, 0.3) is 22.1 Å². The number of benzene rings is 1. The van der Waals surface area contributed by atoms with Gasteiger partial charge in [-0.1, -0.05) is 24.3 Å². The third-order valence-electron chi connectivity index (χ3n) is 5.26. The molecule has 12 heteroatoms. The number of aliphatic hydroxyl groups excluding tert-OH is 3. The summed E-state index contributed by atoms with van der Waals surface area (Å²) in [6.07, 6.45) is -1.92. The quantitative estimate of drug-likeness (QED) is 0.212. The highest BCUT2D eigenvalue weighted by Gasteiger charge is 2.45. The van der Waals surface area contributed by atoms with E-state index in [-0.39, 0.29) is 22.9 Å². The summed E-state index contributed by atoms with van der Waals surface area (Å²) in [5, 5.41) is 35.3. The molecule has 6 N–H and O–H groups in total. The molecule has 5 rings (SSSR count). The van der Waals surface area contributed by atoms with Crippen LogP contribution in [-0.2, 0) is 4.74 Å². The first-order chi connectivity index (χ1) is 15.6. The summed E-state index contributed by atoms with van der Waals surface area (Å²) in [6.45, 7) is -0.465. The summed E-state index contributed by atoms with van der Waals surface area (Å²) in [6, 6.07) is 11.5. The molecular formula is C20H20N8O4. The van der Waals surface area contributed by atoms with Crippen molar-refractivity contribution in [2.75, 3.05) is 17.8 Å². The van der Waals surface area contributed by atoms with Gasteiger partial charge in [-0.25, -0.2) is 25.4 Å². The molecular weight excluding hydrogens is 416 g/mol. The molecule has 0 amide bonds. The second-order valence-corrected chi connectivity index (χ2v) is 7.26. The lowest BCUT2D eigenvalue weighted by atomic mass is 10.1. The lowest BCUT2D eigenvalue weighted by Gasteiger charge is -2.18. The van der Waals surface area contributed by atoms with Gasteiger partial charge in [-0.3, -0.25) is 4.57 Å². The van der Waals surface area contributed by atoms with E-state index in [0.29, 0.717) is 5.69 Å². The van der Waals surface area contributed by atoms with E-state index in [4.69, 9.17) is 10.5 Å². The first-order valence-corrected chi connectivity index (χ1v) is 9.82. The minimum Gasteiger partial charge on any atom is -0.394 e. The van der Waals surface area contributed by atoms with Gasteiger partial charge in [-0.05, 0) is 12.1 Å². The first-order valence-electron chi connectivity index (χ1n) is 9.82. The van der Waals surface area contributed by atoms with Crippen molar-refractivity contribution in [3.63, 3.8) is 0 Å². The van der Waals surface area contributed by atoms with Crippen LogP contribution < -0.4 is 11.2 Å². The van der Waals surface area contributed by atoms with Crippen LogP contribution in [0.15, 0.2) is 47.8 Å². The van der Waals surface area contributed by atoms with E-state index < -0.39 is 31.1 Å². The third-order valence-corrected chi connectivity index (χ3v) is 5.26. The van der Waals surface area contributed by atoms with Gasteiger partial charge >= 0.3 is 0 Å². The van der Waals surface area contributed by atoms with Gasteiger partial charge in [0.15, 0.2) is 23.2 Å². The molecule has 0 spiro atoms. The molecule has 1 aromatic carbocycles. The van der Waals surface area contributed by atoms with E-state index in [1.165, 1.54) is 17.1 Å². The molecule has 1 aliphatic rings. The molecule has 0 radical (unpaired) electrons. The van der Waals surface area contributed by atoms with Gasteiger partial charge in [0.2, 0.25) is 5.95 Å². The Morgan fingerprint density at radius 1 is 1.12 bits per heavy atom. The van der Waals surface area contributed by atoms with Gasteiger partial charge in [0, 0.05) is 5.39 Å². The largest absolute Gasteiger partial charge is 0.394 e. The third kappa shape index (κ3) is 3.40. The summed E-state index contributed by atoms with van der Waals surface area (Å²) in [5.41, 5.74) is 10.7. The highest BCUT2D eigenvalue weighted by atomic mass is 16.6. The minimum absolute atomic E-state index is 0.128. The number of aliphatic hydroxyl groups is 3. The summed E-state index contributed by atoms with van der Waals surface area (Å²) in [5.74, 6) is 0.280. The highest BCUT2D eigenvalue weighted by molar-refractivity contribution is 5.86. The van der Waals surface area contributed by atoms with Crippen molar-refractivity contribution in [2.45, 2.75) is 24.5 Å². The van der Waals surface area contributed by atoms with E-state index in [9.17, 15) is 15.3 Å². The fraction of sp³-hybridized carbons (Fsp3) is 0.250. The van der Waals surface area contributed by atoms with E-state index >= 15 is 0 Å². The van der Waals surface area contributed by atoms with Gasteiger partial charge in [0.25, 0.3) is 0 Å². The number of para-hydroxylation sites is 1. The fourth-order valence-corrected chi connectivity index (χ4v) is 3.65. The normalized spacial score (nSPS) is 23.5. The number of hydrogen-bond donors (Lipinski definition) is 5. The second kappa shape index (κ2) is 8.09. The van der Waals surface area contributed by atoms with Crippen LogP contribution in [0.3, 0.4) is 0 Å². The molecule has 12 nitrogen and oxygen atoms in total. The first kappa shape index (κ1) is 20.2. The van der Waals surface area contributed by atoms with Crippen molar-refractivity contribution in [2.24, 2.45) is 5.10 Å². The Kier molecular flexibility index (Phi) is 5.11. The second-order valence-electron chi connectivity index (χ2n) is 7.26. The average molecular weight is 436 g/mol. The molecule has 0 saturated carbocycles. The SMILES string of the molecule is Nc1ncnc2c1nc(NN=Cc1ccc3ccccc3n1)n2[C@H]1O[C@H](CO)[C@@H](O)[C@H]1O. The van der Waals surface area contributed by atoms with Crippen molar-refractivity contribution in [1.29, 1.82) is 0 Å². The Hall–Kier alpha value is -3.71. The molecule has 0 unspecified atom stereocenters. The van der Waals surface area contributed by atoms with Gasteiger partial charge < -0.3 is 25.8 Å². The van der Waals surface area contributed by atoms with Gasteiger partial charge in [-0.15, -0.1) is 0 Å². The summed E-state index contributed by atoms with van der Waals surface area (Å²) in [4.78, 5) is 17.0. The summed E-state index contributed by atoms with van der Waals surface area (Å²) in [7, 11) is 0. The minimum atomic E-state index is -1.34. The molecule has 1 fully saturated rings. The van der Waals surface area contributed by atoms with Crippen molar-refractivity contribution in [1.82, 2.24) is 24.5 Å². The average Bonchev–Trinajstić information content (AvgIpc) is 3.31. The Balaban J connectivity index is 1.50. The predicted molar refractivity (Wildman–Crippen MR) is 116 cm³/mol. The van der Waals surface area contributed by atoms with Crippen LogP contribution in [0.2, 0.25) is 0 Å². The summed E-state index contributed by atoms with van der Waals surface area (Å²) >= 11 is 0. The van der Waals surface area contributed by atoms with E-state index in [1.54, 1.807) is 0 Å². The maximum Gasteiger partial charge on any atom is 0.228 e. The van der Waals surface area contributed by atoms with Gasteiger partial charge in [-0.2, -0.15) is 5.10 Å². The number of nitrogens with one attached hydrogen (secondary N) is 1. The number of hydrazone groups is 1. The number of nitrogen functional groups attached to an aromatic ring is 1. The number of aromatic nitrogens is 5. The van der Waals surface area contributed by atoms with Crippen LogP contribution in [0.4, 0.5) is 11.8 Å². The van der Waals surface area contributed by atoms with Crippen molar-refractivity contribution >= 4 is 40.0 Å². The topological polar surface area (TPSA) is 177 Å². The maximum absolute atomic E-state index is 10.5. The Morgan fingerprint density at radius 2 is 1.97 bits per heavy atom. The zero-order chi connectivity index (χ0) is 22.2. The zero-order valence-electron chi connectivity index (χ0n) is 16.6. The van der Waals surface area contributed by atoms with E-state index in [2.05, 4.69) is 30.5 Å². The molecule has 164 valence electrons. The predicted octanol–water partition coefficient (Wildman–Crippen LogP) is 0.0142. The standard InChI is InChI=1S/C20H20N8O4/c21-17-14-18(23-9-22-17)28(19-16(31)15(30)13(8-29)32-19)20(26-14)27-24-7-11-6-5-10-3-1-2-4-12(10)25-11/h1-7,9,13,15-16,19,29-31H,8H2,(H,26,27)(H2,21,22,23)/t13-,15-,16-,19+/m1/s1. The van der Waals surface area contributed by atoms with Crippen molar-refractivity contribution < 1.29 is 20.1 Å². The monoisotopic (exact) mass is 436 g/mol. The molecule has 0 aliphatic carbocycles. The molecule has 1 aliphatic heterocycles. The van der Waals surface area contributed by atoms with Crippen LogP contribution in [-0.4, -0.2) is 71.0 Å². The number of anilines is 2. The molecule has 3 aromatic heterocycles. The Morgan fingerprint density at radius 3 is 2.78 bits per heavy atom. The Bertz CT molecular complexity index is 1310. The number of hydrogen-bond acceptors (Lipinski definition) is 11. The maximum atomic E-state index is 10.5. The lowest BCUT2D eigenvalue weighted by molar-refractivity contribution is -0.0501. The molecule has 0 bridgehead atoms. The van der Waals surface area contributed by atoms with Gasteiger partial charge in [0.05, 0.1) is 24.0 Å². The Labute approximate surface area is 181 Å². The molecule has 4 atom stereocenters. The van der Waals surface area contributed by atoms with Crippen LogP contribution in [0.5, 0.6) is 0 Å². The van der Waals surface area contributed by atoms with E-state index in [0.717, 1.165) is 10.9 Å². The molecule has 32 heavy (non-hydrogen) atoms. The number of fused-ring (bicyclic) bond motifs is 2. The number of ether oxygens (including phenoxy) is 1. The fourth-order valence-electron chi connectivity index (χ4n) is 3.65. The van der Waals surface area contributed by atoms with Crippen LogP contribution in [0, 0.1) is 0 Å². The lowest BCUT2D eigenvalue weighted by Crippen LogP contribution is -2.33. The number of pyridine rings is 1.